The largest absolute Gasteiger partial charge is 0.480 e. The van der Waals surface area contributed by atoms with Gasteiger partial charge in [0.1, 0.15) is 5.25 Å². The first-order valence-electron chi connectivity index (χ1n) is 5.44. The van der Waals surface area contributed by atoms with Gasteiger partial charge < -0.3 is 10.4 Å². The molecule has 1 fully saturated rings. The van der Waals surface area contributed by atoms with Gasteiger partial charge in [0.25, 0.3) is 0 Å². The molecule has 16 heavy (non-hydrogen) atoms. The highest BCUT2D eigenvalue weighted by molar-refractivity contribution is 7.86. The van der Waals surface area contributed by atoms with Crippen LogP contribution in [0.1, 0.15) is 32.6 Å². The zero-order valence-corrected chi connectivity index (χ0v) is 10.1. The highest BCUT2D eigenvalue weighted by Crippen LogP contribution is 2.18. The molecule has 2 unspecified atom stereocenters. The van der Waals surface area contributed by atoms with Crippen LogP contribution in [-0.2, 0) is 20.4 Å². The lowest BCUT2D eigenvalue weighted by atomic mass is 10.3. The van der Waals surface area contributed by atoms with Crippen LogP contribution in [0.4, 0.5) is 0 Å². The molecule has 5 nitrogen and oxygen atoms in total. The second-order valence-electron chi connectivity index (χ2n) is 3.91. The minimum atomic E-state index is -1.46. The second-order valence-corrected chi connectivity index (χ2v) is 5.65. The summed E-state index contributed by atoms with van der Waals surface area (Å²) >= 11 is 0. The van der Waals surface area contributed by atoms with Crippen LogP contribution in [0.3, 0.4) is 0 Å². The standard InChI is InChI=1S/C10H17NO4S/c1-2-8(10(13)14)16(15)6-5-9(12)11-7-3-4-7/h7-8H,2-6H2,1H3,(H,11,12)(H,13,14). The SMILES string of the molecule is CCC(C(=O)O)S(=O)CCC(=O)NC1CC1. The molecule has 0 saturated heterocycles. The summed E-state index contributed by atoms with van der Waals surface area (Å²) < 4.78 is 11.6. The highest BCUT2D eigenvalue weighted by atomic mass is 32.2. The van der Waals surface area contributed by atoms with Gasteiger partial charge in [0.05, 0.1) is 0 Å². The van der Waals surface area contributed by atoms with Crippen LogP contribution >= 0.6 is 0 Å². The third-order valence-electron chi connectivity index (χ3n) is 2.44. The molecule has 1 amide bonds. The number of nitrogens with one attached hydrogen (secondary N) is 1. The summed E-state index contributed by atoms with van der Waals surface area (Å²) in [5.74, 6) is -1.05. The van der Waals surface area contributed by atoms with Crippen molar-refractivity contribution in [3.8, 4) is 0 Å². The van der Waals surface area contributed by atoms with Crippen LogP contribution in [0.2, 0.25) is 0 Å². The number of carboxylic acids is 1. The molecule has 0 aliphatic heterocycles. The van der Waals surface area contributed by atoms with Gasteiger partial charge in [-0.3, -0.25) is 13.8 Å². The molecule has 92 valence electrons. The maximum atomic E-state index is 11.6. The van der Waals surface area contributed by atoms with E-state index in [0.29, 0.717) is 12.5 Å². The first-order chi connectivity index (χ1) is 7.54. The van der Waals surface area contributed by atoms with Crippen LogP contribution in [0, 0.1) is 0 Å². The van der Waals surface area contributed by atoms with E-state index < -0.39 is 22.0 Å². The first kappa shape index (κ1) is 13.2. The van der Waals surface area contributed by atoms with Crippen molar-refractivity contribution in [1.29, 1.82) is 0 Å². The average molecular weight is 247 g/mol. The normalized spacial score (nSPS) is 18.8. The predicted molar refractivity (Wildman–Crippen MR) is 60.5 cm³/mol. The molecule has 6 heteroatoms. The topological polar surface area (TPSA) is 83.5 Å². The smallest absolute Gasteiger partial charge is 0.319 e. The van der Waals surface area contributed by atoms with Gasteiger partial charge in [-0.15, -0.1) is 0 Å². The summed E-state index contributed by atoms with van der Waals surface area (Å²) in [5.41, 5.74) is 0. The number of carbonyl (C=O) groups excluding carboxylic acids is 1. The van der Waals surface area contributed by atoms with Crippen LogP contribution in [0.25, 0.3) is 0 Å². The minimum absolute atomic E-state index is 0.128. The van der Waals surface area contributed by atoms with E-state index in [9.17, 15) is 13.8 Å². The zero-order valence-electron chi connectivity index (χ0n) is 9.27. The minimum Gasteiger partial charge on any atom is -0.480 e. The van der Waals surface area contributed by atoms with E-state index in [4.69, 9.17) is 5.11 Å². The fourth-order valence-corrected chi connectivity index (χ4v) is 2.60. The van der Waals surface area contributed by atoms with E-state index in [1.165, 1.54) is 0 Å². The molecule has 0 aromatic heterocycles. The predicted octanol–water partition coefficient (Wildman–Crippen LogP) is 0.267. The highest BCUT2D eigenvalue weighted by Gasteiger charge is 2.25. The van der Waals surface area contributed by atoms with Gasteiger partial charge in [0, 0.05) is 29.0 Å². The number of hydrogen-bond acceptors (Lipinski definition) is 3. The Kier molecular flexibility index (Phi) is 4.92. The molecule has 0 spiro atoms. The zero-order chi connectivity index (χ0) is 12.1. The Morgan fingerprint density at radius 3 is 2.56 bits per heavy atom. The Morgan fingerprint density at radius 2 is 2.12 bits per heavy atom. The average Bonchev–Trinajstić information content (AvgIpc) is 2.99. The molecule has 2 N–H and O–H groups in total. The molecule has 1 aliphatic rings. The molecular formula is C10H17NO4S. The molecule has 0 radical (unpaired) electrons. The molecule has 0 aromatic carbocycles. The van der Waals surface area contributed by atoms with Crippen LogP contribution in [-0.4, -0.2) is 38.2 Å². The number of carboxylic acid groups (broad SMARTS) is 1. The number of amides is 1. The van der Waals surface area contributed by atoms with Crippen LogP contribution in [0.15, 0.2) is 0 Å². The van der Waals surface area contributed by atoms with Crippen LogP contribution in [0.5, 0.6) is 0 Å². The van der Waals surface area contributed by atoms with Gasteiger partial charge in [-0.2, -0.15) is 0 Å². The fourth-order valence-electron chi connectivity index (χ4n) is 1.34. The van der Waals surface area contributed by atoms with Gasteiger partial charge in [-0.05, 0) is 19.3 Å². The first-order valence-corrected chi connectivity index (χ1v) is 6.82. The fraction of sp³-hybridized carbons (Fsp3) is 0.800. The van der Waals surface area contributed by atoms with Gasteiger partial charge in [-0.25, -0.2) is 0 Å². The Balaban J connectivity index is 2.26. The molecule has 0 heterocycles. The molecular weight excluding hydrogens is 230 g/mol. The molecule has 1 aliphatic carbocycles. The maximum Gasteiger partial charge on any atom is 0.319 e. The Bertz CT molecular complexity index is 301. The molecule has 0 bridgehead atoms. The lowest BCUT2D eigenvalue weighted by Gasteiger charge is -2.09. The van der Waals surface area contributed by atoms with Crippen molar-refractivity contribution in [2.24, 2.45) is 0 Å². The summed E-state index contributed by atoms with van der Waals surface area (Å²) in [6, 6.07) is 0.294. The van der Waals surface area contributed by atoms with Crippen molar-refractivity contribution in [1.82, 2.24) is 5.32 Å². The maximum absolute atomic E-state index is 11.6. The monoisotopic (exact) mass is 247 g/mol. The van der Waals surface area contributed by atoms with Gasteiger partial charge in [0.15, 0.2) is 0 Å². The molecule has 2 atom stereocenters. The number of hydrogen-bond donors (Lipinski definition) is 2. The molecule has 1 rings (SSSR count). The quantitative estimate of drug-likeness (QED) is 0.676. The molecule has 0 aromatic rings. The van der Waals surface area contributed by atoms with E-state index in [1.807, 2.05) is 0 Å². The Hall–Kier alpha value is -0.910. The lowest BCUT2D eigenvalue weighted by Crippen LogP contribution is -2.30. The third-order valence-corrected chi connectivity index (χ3v) is 4.21. The van der Waals surface area contributed by atoms with Crippen molar-refractivity contribution in [3.63, 3.8) is 0 Å². The van der Waals surface area contributed by atoms with Crippen molar-refractivity contribution >= 4 is 22.7 Å². The van der Waals surface area contributed by atoms with E-state index in [-0.39, 0.29) is 18.1 Å². The third kappa shape index (κ3) is 4.30. The number of aliphatic carboxylic acids is 1. The summed E-state index contributed by atoms with van der Waals surface area (Å²) in [6.07, 6.45) is 2.50. The van der Waals surface area contributed by atoms with Crippen molar-refractivity contribution < 1.29 is 18.9 Å². The van der Waals surface area contributed by atoms with E-state index in [1.54, 1.807) is 6.92 Å². The van der Waals surface area contributed by atoms with E-state index >= 15 is 0 Å². The summed E-state index contributed by atoms with van der Waals surface area (Å²) in [4.78, 5) is 22.0. The van der Waals surface area contributed by atoms with E-state index in [2.05, 4.69) is 5.32 Å². The van der Waals surface area contributed by atoms with E-state index in [0.717, 1.165) is 12.8 Å². The number of carbonyl (C=O) groups is 2. The summed E-state index contributed by atoms with van der Waals surface area (Å²) in [7, 11) is -1.46. The summed E-state index contributed by atoms with van der Waals surface area (Å²) in [6.45, 7) is 1.68. The summed E-state index contributed by atoms with van der Waals surface area (Å²) in [5, 5.41) is 10.7. The second kappa shape index (κ2) is 5.98. The lowest BCUT2D eigenvalue weighted by molar-refractivity contribution is -0.136. The van der Waals surface area contributed by atoms with Gasteiger partial charge >= 0.3 is 5.97 Å². The van der Waals surface area contributed by atoms with Crippen LogP contribution < -0.4 is 5.32 Å². The number of rotatable bonds is 7. The van der Waals surface area contributed by atoms with Crippen molar-refractivity contribution in [2.75, 3.05) is 5.75 Å². The van der Waals surface area contributed by atoms with Crippen molar-refractivity contribution in [2.45, 2.75) is 43.9 Å². The molecule has 1 saturated carbocycles. The Labute approximate surface area is 97.1 Å². The van der Waals surface area contributed by atoms with Gasteiger partial charge in [0.2, 0.25) is 5.91 Å². The van der Waals surface area contributed by atoms with Gasteiger partial charge in [-0.1, -0.05) is 6.92 Å². The Morgan fingerprint density at radius 1 is 1.50 bits per heavy atom. The van der Waals surface area contributed by atoms with Crippen molar-refractivity contribution in [3.05, 3.63) is 0 Å².